The molecule has 0 saturated carbocycles. The molecule has 1 atom stereocenters. The van der Waals surface area contributed by atoms with E-state index in [0.717, 1.165) is 29.5 Å². The maximum Gasteiger partial charge on any atom is 0.243 e. The second-order valence-corrected chi connectivity index (χ2v) is 9.86. The van der Waals surface area contributed by atoms with E-state index in [4.69, 9.17) is 18.9 Å². The van der Waals surface area contributed by atoms with Crippen molar-refractivity contribution in [1.82, 2.24) is 4.31 Å². The molecule has 0 spiro atoms. The Kier molecular flexibility index (Phi) is 8.53. The van der Waals surface area contributed by atoms with Gasteiger partial charge in [-0.3, -0.25) is 0 Å². The summed E-state index contributed by atoms with van der Waals surface area (Å²) in [6.45, 7) is 2.00. The lowest BCUT2D eigenvalue weighted by molar-refractivity contribution is -0.109. The summed E-state index contributed by atoms with van der Waals surface area (Å²) in [4.78, 5) is 0.247. The maximum atomic E-state index is 13.9. The highest BCUT2D eigenvalue weighted by molar-refractivity contribution is 7.89. The van der Waals surface area contributed by atoms with Gasteiger partial charge in [-0.2, -0.15) is 4.31 Å². The molecule has 0 saturated heterocycles. The van der Waals surface area contributed by atoms with Gasteiger partial charge in [-0.15, -0.1) is 0 Å². The lowest BCUT2D eigenvalue weighted by Crippen LogP contribution is -2.46. The highest BCUT2D eigenvalue weighted by Crippen LogP contribution is 2.38. The van der Waals surface area contributed by atoms with Crippen molar-refractivity contribution in [1.29, 1.82) is 0 Å². The Hall–Kier alpha value is -2.39. The summed E-state index contributed by atoms with van der Waals surface area (Å²) in [7, 11) is 2.37. The number of allylic oxidation sites excluding steroid dienone is 1. The predicted molar refractivity (Wildman–Crippen MR) is 128 cm³/mol. The van der Waals surface area contributed by atoms with Crippen molar-refractivity contribution >= 4 is 15.6 Å². The summed E-state index contributed by atoms with van der Waals surface area (Å²) >= 11 is 0. The molecule has 0 aromatic heterocycles. The first-order chi connectivity index (χ1) is 15.8. The van der Waals surface area contributed by atoms with Gasteiger partial charge in [0.05, 0.1) is 31.7 Å². The number of nitrogens with zero attached hydrogens (tertiary/aromatic N) is 1. The molecule has 1 aliphatic rings. The smallest absolute Gasteiger partial charge is 0.243 e. The minimum absolute atomic E-state index is 0.0680. The molecule has 0 unspecified atom stereocenters. The average molecular weight is 476 g/mol. The van der Waals surface area contributed by atoms with Crippen molar-refractivity contribution in [2.45, 2.75) is 43.4 Å². The number of aryl methyl sites for hydroxylation is 1. The van der Waals surface area contributed by atoms with Gasteiger partial charge in [0, 0.05) is 14.2 Å². The van der Waals surface area contributed by atoms with Crippen LogP contribution in [0.3, 0.4) is 0 Å². The van der Waals surface area contributed by atoms with E-state index in [-0.39, 0.29) is 17.5 Å². The molecule has 8 heteroatoms. The second-order valence-electron chi connectivity index (χ2n) is 7.96. The number of ether oxygens (including phenoxy) is 4. The summed E-state index contributed by atoms with van der Waals surface area (Å²) < 4.78 is 50.9. The van der Waals surface area contributed by atoms with Crippen LogP contribution < -0.4 is 9.47 Å². The first-order valence-electron chi connectivity index (χ1n) is 10.9. The zero-order chi connectivity index (χ0) is 24.0. The summed E-state index contributed by atoms with van der Waals surface area (Å²) in [5.41, 5.74) is 2.83. The third-order valence-electron chi connectivity index (χ3n) is 5.95. The van der Waals surface area contributed by atoms with E-state index in [0.29, 0.717) is 17.9 Å². The SMILES string of the molecule is COc1ccc(C2=CCCC[C@H]2N(CC(OC)OC)S(=O)(=O)c2ccc(C)cc2)cc1OC. The Bertz CT molecular complexity index is 1060. The van der Waals surface area contributed by atoms with Crippen molar-refractivity contribution in [2.75, 3.05) is 35.0 Å². The predicted octanol–water partition coefficient (Wildman–Crippen LogP) is 4.26. The molecule has 1 aliphatic carbocycles. The van der Waals surface area contributed by atoms with Gasteiger partial charge >= 0.3 is 0 Å². The molecular formula is C25H33NO6S. The van der Waals surface area contributed by atoms with E-state index in [2.05, 4.69) is 6.08 Å². The molecule has 0 radical (unpaired) electrons. The van der Waals surface area contributed by atoms with Crippen LogP contribution >= 0.6 is 0 Å². The molecule has 0 aliphatic heterocycles. The van der Waals surface area contributed by atoms with Gasteiger partial charge in [-0.1, -0.05) is 29.8 Å². The van der Waals surface area contributed by atoms with Gasteiger partial charge in [0.1, 0.15) is 0 Å². The zero-order valence-electron chi connectivity index (χ0n) is 19.9. The standard InChI is InChI=1S/C25H33NO6S/c1-18-10-13-20(14-11-18)33(27,28)26(17-25(31-4)32-5)22-9-7-6-8-21(22)19-12-15-23(29-2)24(16-19)30-3/h8,10-16,22,25H,6-7,9,17H2,1-5H3/t22-/m1/s1. The molecule has 7 nitrogen and oxygen atoms in total. The Morgan fingerprint density at radius 2 is 1.64 bits per heavy atom. The van der Waals surface area contributed by atoms with Crippen LogP contribution in [0, 0.1) is 6.92 Å². The quantitative estimate of drug-likeness (QED) is 0.478. The highest BCUT2D eigenvalue weighted by atomic mass is 32.2. The van der Waals surface area contributed by atoms with Gasteiger partial charge in [0.15, 0.2) is 17.8 Å². The third-order valence-corrected chi connectivity index (χ3v) is 7.84. The molecule has 0 N–H and O–H groups in total. The van der Waals surface area contributed by atoms with E-state index in [1.807, 2.05) is 25.1 Å². The van der Waals surface area contributed by atoms with E-state index in [9.17, 15) is 8.42 Å². The van der Waals surface area contributed by atoms with Crippen molar-refractivity contribution in [3.8, 4) is 11.5 Å². The van der Waals surface area contributed by atoms with E-state index >= 15 is 0 Å². The van der Waals surface area contributed by atoms with Crippen LogP contribution in [0.25, 0.3) is 5.57 Å². The van der Waals surface area contributed by atoms with Crippen LogP contribution in [0.5, 0.6) is 11.5 Å². The zero-order valence-corrected chi connectivity index (χ0v) is 20.7. The fourth-order valence-corrected chi connectivity index (χ4v) is 5.74. The Morgan fingerprint density at radius 1 is 0.970 bits per heavy atom. The lowest BCUT2D eigenvalue weighted by atomic mass is 9.88. The lowest BCUT2D eigenvalue weighted by Gasteiger charge is -2.36. The topological polar surface area (TPSA) is 74.3 Å². The van der Waals surface area contributed by atoms with Crippen LogP contribution in [-0.4, -0.2) is 60.0 Å². The molecule has 0 fully saturated rings. The maximum absolute atomic E-state index is 13.9. The molecule has 0 bridgehead atoms. The van der Waals surface area contributed by atoms with E-state index < -0.39 is 16.3 Å². The van der Waals surface area contributed by atoms with E-state index in [1.54, 1.807) is 38.5 Å². The first-order valence-corrected chi connectivity index (χ1v) is 12.4. The number of hydrogen-bond acceptors (Lipinski definition) is 6. The Labute approximate surface area is 197 Å². The van der Waals surface area contributed by atoms with Gasteiger partial charge in [-0.25, -0.2) is 8.42 Å². The van der Waals surface area contributed by atoms with Crippen LogP contribution in [0.15, 0.2) is 53.4 Å². The van der Waals surface area contributed by atoms with Gasteiger partial charge in [-0.05, 0) is 61.6 Å². The van der Waals surface area contributed by atoms with Crippen molar-refractivity contribution in [3.05, 3.63) is 59.7 Å². The number of rotatable bonds is 10. The minimum atomic E-state index is -3.83. The van der Waals surface area contributed by atoms with Gasteiger partial charge < -0.3 is 18.9 Å². The Balaban J connectivity index is 2.09. The number of hydrogen-bond donors (Lipinski definition) is 0. The average Bonchev–Trinajstić information content (AvgIpc) is 2.84. The van der Waals surface area contributed by atoms with Crippen LogP contribution in [0.4, 0.5) is 0 Å². The molecule has 180 valence electrons. The van der Waals surface area contributed by atoms with Crippen LogP contribution in [-0.2, 0) is 19.5 Å². The van der Waals surface area contributed by atoms with Crippen LogP contribution in [0.1, 0.15) is 30.4 Å². The molecule has 3 rings (SSSR count). The number of sulfonamides is 1. The minimum Gasteiger partial charge on any atom is -0.493 e. The van der Waals surface area contributed by atoms with Gasteiger partial charge in [0.2, 0.25) is 10.0 Å². The summed E-state index contributed by atoms with van der Waals surface area (Å²) in [6, 6.07) is 12.2. The van der Waals surface area contributed by atoms with Crippen molar-refractivity contribution < 1.29 is 27.4 Å². The molecular weight excluding hydrogens is 442 g/mol. The van der Waals surface area contributed by atoms with E-state index in [1.165, 1.54) is 18.5 Å². The van der Waals surface area contributed by atoms with Crippen molar-refractivity contribution in [2.24, 2.45) is 0 Å². The second kappa shape index (κ2) is 11.2. The highest BCUT2D eigenvalue weighted by Gasteiger charge is 2.37. The van der Waals surface area contributed by atoms with Gasteiger partial charge in [0.25, 0.3) is 0 Å². The Morgan fingerprint density at radius 3 is 2.24 bits per heavy atom. The largest absolute Gasteiger partial charge is 0.493 e. The van der Waals surface area contributed by atoms with Crippen LogP contribution in [0.2, 0.25) is 0 Å². The summed E-state index contributed by atoms with van der Waals surface area (Å²) in [5.74, 6) is 1.22. The molecule has 2 aromatic rings. The molecule has 2 aromatic carbocycles. The number of benzene rings is 2. The first kappa shape index (κ1) is 25.2. The summed E-state index contributed by atoms with van der Waals surface area (Å²) in [6.07, 6.45) is 3.86. The number of methoxy groups -OCH3 is 4. The monoisotopic (exact) mass is 475 g/mol. The fraction of sp³-hybridized carbons (Fsp3) is 0.440. The molecule has 33 heavy (non-hydrogen) atoms. The third kappa shape index (κ3) is 5.58. The molecule has 0 heterocycles. The molecule has 0 amide bonds. The van der Waals surface area contributed by atoms with Crippen molar-refractivity contribution in [3.63, 3.8) is 0 Å². The normalized spacial score (nSPS) is 16.7. The fourth-order valence-electron chi connectivity index (χ4n) is 4.12. The summed E-state index contributed by atoms with van der Waals surface area (Å²) in [5, 5.41) is 0.